The molecule has 33 heavy (non-hydrogen) atoms. The number of aryl methyl sites for hydroxylation is 1. The molecule has 0 fully saturated rings. The van der Waals surface area contributed by atoms with Crippen LogP contribution in [-0.4, -0.2) is 26.6 Å². The Morgan fingerprint density at radius 1 is 1.06 bits per heavy atom. The highest BCUT2D eigenvalue weighted by Crippen LogP contribution is 2.33. The van der Waals surface area contributed by atoms with Gasteiger partial charge in [0.1, 0.15) is 16.6 Å². The number of ether oxygens (including phenoxy) is 1. The van der Waals surface area contributed by atoms with Gasteiger partial charge in [-0.15, -0.1) is 11.3 Å². The molecule has 6 nitrogen and oxygen atoms in total. The fourth-order valence-electron chi connectivity index (χ4n) is 3.51. The number of thiazole rings is 1. The Morgan fingerprint density at radius 3 is 2.73 bits per heavy atom. The molecule has 0 saturated carbocycles. The van der Waals surface area contributed by atoms with E-state index in [4.69, 9.17) is 14.7 Å². The molecule has 2 aromatic carbocycles. The van der Waals surface area contributed by atoms with Crippen molar-refractivity contribution in [3.05, 3.63) is 93.9 Å². The van der Waals surface area contributed by atoms with Gasteiger partial charge in [-0.1, -0.05) is 36.0 Å². The molecule has 8 heteroatoms. The van der Waals surface area contributed by atoms with E-state index in [1.807, 2.05) is 66.9 Å². The van der Waals surface area contributed by atoms with Crippen LogP contribution >= 0.6 is 23.1 Å². The Kier molecular flexibility index (Phi) is 5.93. The SMILES string of the molecule is COc1ccccc1-c1nc(CSc2nc3ccccc3c(=O)n2-c2cc(C)ccn2)cs1. The van der Waals surface area contributed by atoms with Crippen LogP contribution in [0.15, 0.2) is 82.2 Å². The molecule has 0 bridgehead atoms. The molecule has 0 radical (unpaired) electrons. The van der Waals surface area contributed by atoms with Gasteiger partial charge < -0.3 is 4.74 Å². The first-order valence-corrected chi connectivity index (χ1v) is 12.2. The molecule has 0 saturated heterocycles. The molecule has 0 amide bonds. The van der Waals surface area contributed by atoms with E-state index in [2.05, 4.69) is 4.98 Å². The number of aromatic nitrogens is 4. The standard InChI is InChI=1S/C25H20N4O2S2/c1-16-11-12-26-22(13-16)29-24(30)18-7-3-5-9-20(18)28-25(29)33-15-17-14-32-23(27-17)19-8-4-6-10-21(19)31-2/h3-14H,15H2,1-2H3. The zero-order chi connectivity index (χ0) is 22.8. The third-order valence-corrected chi connectivity index (χ3v) is 7.01. The highest BCUT2D eigenvalue weighted by Gasteiger charge is 2.16. The van der Waals surface area contributed by atoms with Gasteiger partial charge in [0.2, 0.25) is 0 Å². The van der Waals surface area contributed by atoms with Gasteiger partial charge in [0.25, 0.3) is 5.56 Å². The Bertz CT molecular complexity index is 1510. The van der Waals surface area contributed by atoms with E-state index in [1.54, 1.807) is 35.3 Å². The number of nitrogens with zero attached hydrogens (tertiary/aromatic N) is 4. The van der Waals surface area contributed by atoms with E-state index >= 15 is 0 Å². The van der Waals surface area contributed by atoms with Crippen LogP contribution in [0.4, 0.5) is 0 Å². The number of para-hydroxylation sites is 2. The van der Waals surface area contributed by atoms with Crippen LogP contribution in [0.25, 0.3) is 27.3 Å². The van der Waals surface area contributed by atoms with E-state index in [9.17, 15) is 4.79 Å². The first kappa shape index (κ1) is 21.4. The molecular weight excluding hydrogens is 452 g/mol. The van der Waals surface area contributed by atoms with Gasteiger partial charge >= 0.3 is 0 Å². The minimum Gasteiger partial charge on any atom is -0.496 e. The summed E-state index contributed by atoms with van der Waals surface area (Å²) in [7, 11) is 1.66. The lowest BCUT2D eigenvalue weighted by Gasteiger charge is -2.12. The largest absolute Gasteiger partial charge is 0.496 e. The minimum absolute atomic E-state index is 0.130. The second-order valence-electron chi connectivity index (χ2n) is 7.38. The van der Waals surface area contributed by atoms with Crippen molar-refractivity contribution in [1.29, 1.82) is 0 Å². The lowest BCUT2D eigenvalue weighted by atomic mass is 10.2. The van der Waals surface area contributed by atoms with Crippen LogP contribution in [0.3, 0.4) is 0 Å². The zero-order valence-electron chi connectivity index (χ0n) is 18.1. The molecule has 5 rings (SSSR count). The van der Waals surface area contributed by atoms with Crippen LogP contribution in [0.1, 0.15) is 11.3 Å². The quantitative estimate of drug-likeness (QED) is 0.240. The summed E-state index contributed by atoms with van der Waals surface area (Å²) < 4.78 is 7.06. The number of fused-ring (bicyclic) bond motifs is 1. The molecule has 0 aliphatic heterocycles. The van der Waals surface area contributed by atoms with Gasteiger partial charge in [0.05, 0.1) is 29.3 Å². The van der Waals surface area contributed by atoms with E-state index in [0.29, 0.717) is 27.6 Å². The molecule has 5 aromatic rings. The van der Waals surface area contributed by atoms with Gasteiger partial charge in [0.15, 0.2) is 5.16 Å². The smallest absolute Gasteiger partial charge is 0.267 e. The Labute approximate surface area is 199 Å². The average molecular weight is 473 g/mol. The van der Waals surface area contributed by atoms with Gasteiger partial charge in [-0.05, 0) is 48.9 Å². The van der Waals surface area contributed by atoms with Crippen molar-refractivity contribution in [3.8, 4) is 22.1 Å². The summed E-state index contributed by atoms with van der Waals surface area (Å²) in [4.78, 5) is 27.4. The van der Waals surface area contributed by atoms with Crippen molar-refractivity contribution >= 4 is 34.0 Å². The van der Waals surface area contributed by atoms with Gasteiger partial charge in [0, 0.05) is 17.3 Å². The fourth-order valence-corrected chi connectivity index (χ4v) is 5.36. The van der Waals surface area contributed by atoms with Crippen molar-refractivity contribution in [1.82, 2.24) is 19.5 Å². The van der Waals surface area contributed by atoms with Crippen molar-refractivity contribution in [2.75, 3.05) is 7.11 Å². The van der Waals surface area contributed by atoms with Crippen molar-refractivity contribution in [2.45, 2.75) is 17.8 Å². The molecular formula is C25H20N4O2S2. The lowest BCUT2D eigenvalue weighted by Crippen LogP contribution is -2.22. The second-order valence-corrected chi connectivity index (χ2v) is 9.18. The van der Waals surface area contributed by atoms with E-state index in [-0.39, 0.29) is 5.56 Å². The molecule has 164 valence electrons. The maximum Gasteiger partial charge on any atom is 0.267 e. The van der Waals surface area contributed by atoms with Crippen LogP contribution in [-0.2, 0) is 5.75 Å². The fraction of sp³-hybridized carbons (Fsp3) is 0.120. The number of hydrogen-bond acceptors (Lipinski definition) is 7. The number of pyridine rings is 1. The van der Waals surface area contributed by atoms with Crippen molar-refractivity contribution in [2.24, 2.45) is 0 Å². The molecule has 3 aromatic heterocycles. The molecule has 0 atom stereocenters. The molecule has 3 heterocycles. The third kappa shape index (κ3) is 4.27. The second kappa shape index (κ2) is 9.17. The molecule has 0 spiro atoms. The Hall–Kier alpha value is -3.49. The van der Waals surface area contributed by atoms with E-state index in [0.717, 1.165) is 27.6 Å². The van der Waals surface area contributed by atoms with Crippen molar-refractivity contribution in [3.63, 3.8) is 0 Å². The number of thioether (sulfide) groups is 1. The molecule has 0 aliphatic rings. The third-order valence-electron chi connectivity index (χ3n) is 5.11. The summed E-state index contributed by atoms with van der Waals surface area (Å²) >= 11 is 3.04. The summed E-state index contributed by atoms with van der Waals surface area (Å²) in [5.41, 5.74) is 3.44. The maximum atomic E-state index is 13.4. The predicted octanol–water partition coefficient (Wildman–Crippen LogP) is 5.51. The molecule has 0 aliphatic carbocycles. The topological polar surface area (TPSA) is 69.9 Å². The summed E-state index contributed by atoms with van der Waals surface area (Å²) in [6.45, 7) is 1.98. The first-order chi connectivity index (χ1) is 16.1. The zero-order valence-corrected chi connectivity index (χ0v) is 19.7. The van der Waals surface area contributed by atoms with Gasteiger partial charge in [-0.3, -0.25) is 4.79 Å². The van der Waals surface area contributed by atoms with Crippen molar-refractivity contribution < 1.29 is 4.74 Å². The van der Waals surface area contributed by atoms with E-state index in [1.165, 1.54) is 11.8 Å². The summed E-state index contributed by atoms with van der Waals surface area (Å²) in [5, 5.41) is 4.08. The van der Waals surface area contributed by atoms with Crippen LogP contribution in [0.2, 0.25) is 0 Å². The number of benzene rings is 2. The predicted molar refractivity (Wildman–Crippen MR) is 134 cm³/mol. The summed E-state index contributed by atoms with van der Waals surface area (Å²) in [5.74, 6) is 1.93. The number of hydrogen-bond donors (Lipinski definition) is 0. The maximum absolute atomic E-state index is 13.4. The van der Waals surface area contributed by atoms with Crippen LogP contribution < -0.4 is 10.3 Å². The van der Waals surface area contributed by atoms with Crippen LogP contribution in [0.5, 0.6) is 5.75 Å². The average Bonchev–Trinajstić information content (AvgIpc) is 3.32. The highest BCUT2D eigenvalue weighted by molar-refractivity contribution is 7.98. The summed E-state index contributed by atoms with van der Waals surface area (Å²) in [6, 6.07) is 19.0. The molecule has 0 unspecified atom stereocenters. The molecule has 0 N–H and O–H groups in total. The van der Waals surface area contributed by atoms with Crippen LogP contribution in [0, 0.1) is 6.92 Å². The normalized spacial score (nSPS) is 11.1. The number of rotatable bonds is 6. The summed E-state index contributed by atoms with van der Waals surface area (Å²) in [6.07, 6.45) is 1.71. The first-order valence-electron chi connectivity index (χ1n) is 10.3. The Balaban J connectivity index is 1.51. The van der Waals surface area contributed by atoms with E-state index < -0.39 is 0 Å². The van der Waals surface area contributed by atoms with Gasteiger partial charge in [-0.25, -0.2) is 19.5 Å². The monoisotopic (exact) mass is 472 g/mol. The Morgan fingerprint density at radius 2 is 1.88 bits per heavy atom. The minimum atomic E-state index is -0.130. The number of methoxy groups -OCH3 is 1. The lowest BCUT2D eigenvalue weighted by molar-refractivity contribution is 0.416. The highest BCUT2D eigenvalue weighted by atomic mass is 32.2. The van der Waals surface area contributed by atoms with Gasteiger partial charge in [-0.2, -0.15) is 0 Å².